The van der Waals surface area contributed by atoms with Crippen molar-refractivity contribution in [3.63, 3.8) is 0 Å². The van der Waals surface area contributed by atoms with Gasteiger partial charge in [0.2, 0.25) is 0 Å². The molecule has 0 aromatic heterocycles. The summed E-state index contributed by atoms with van der Waals surface area (Å²) in [6.45, 7) is 6.22. The lowest BCUT2D eigenvalue weighted by Crippen LogP contribution is -2.31. The molecule has 1 aromatic rings. The summed E-state index contributed by atoms with van der Waals surface area (Å²) < 4.78 is 12.1. The van der Waals surface area contributed by atoms with Crippen molar-refractivity contribution in [1.29, 1.82) is 0 Å². The first kappa shape index (κ1) is 14.4. The van der Waals surface area contributed by atoms with E-state index < -0.39 is 10.8 Å². The molecule has 0 spiro atoms. The lowest BCUT2D eigenvalue weighted by molar-refractivity contribution is 0.569. The number of rotatable bonds is 6. The maximum Gasteiger partial charge on any atom is 0.0514 e. The van der Waals surface area contributed by atoms with Crippen LogP contribution < -0.4 is 5.32 Å². The van der Waals surface area contributed by atoms with Crippen LogP contribution in [0.4, 0.5) is 0 Å². The molecule has 1 N–H and O–H groups in total. The minimum Gasteiger partial charge on any atom is -0.312 e. The zero-order chi connectivity index (χ0) is 12.8. The van der Waals surface area contributed by atoms with Gasteiger partial charge in [0.25, 0.3) is 0 Å². The van der Waals surface area contributed by atoms with Gasteiger partial charge in [-0.2, -0.15) is 0 Å². The summed E-state index contributed by atoms with van der Waals surface area (Å²) in [4.78, 5) is 0. The van der Waals surface area contributed by atoms with E-state index in [0.717, 1.165) is 12.2 Å². The van der Waals surface area contributed by atoms with Gasteiger partial charge in [-0.3, -0.25) is 4.21 Å². The van der Waals surface area contributed by atoms with E-state index >= 15 is 0 Å². The van der Waals surface area contributed by atoms with Gasteiger partial charge in [-0.15, -0.1) is 0 Å². The van der Waals surface area contributed by atoms with Gasteiger partial charge < -0.3 is 5.32 Å². The highest BCUT2D eigenvalue weighted by Gasteiger charge is 2.22. The third kappa shape index (κ3) is 3.93. The summed E-state index contributed by atoms with van der Waals surface area (Å²) >= 11 is 0. The van der Waals surface area contributed by atoms with Crippen LogP contribution in [0.3, 0.4) is 0 Å². The fourth-order valence-electron chi connectivity index (χ4n) is 1.99. The van der Waals surface area contributed by atoms with E-state index in [1.807, 2.05) is 7.05 Å². The summed E-state index contributed by atoms with van der Waals surface area (Å²) in [6, 6.07) is 8.62. The highest BCUT2D eigenvalue weighted by Crippen LogP contribution is 2.21. The van der Waals surface area contributed by atoms with Crippen LogP contribution in [-0.4, -0.2) is 22.3 Å². The Kier molecular flexibility index (Phi) is 5.86. The minimum atomic E-state index is -0.763. The third-order valence-electron chi connectivity index (χ3n) is 3.04. The molecule has 3 atom stereocenters. The van der Waals surface area contributed by atoms with E-state index in [-0.39, 0.29) is 11.3 Å². The van der Waals surface area contributed by atoms with Crippen molar-refractivity contribution in [1.82, 2.24) is 5.32 Å². The van der Waals surface area contributed by atoms with Crippen molar-refractivity contribution in [3.05, 3.63) is 35.4 Å². The second-order valence-electron chi connectivity index (χ2n) is 4.47. The predicted octanol–water partition coefficient (Wildman–Crippen LogP) is 2.80. The molecule has 17 heavy (non-hydrogen) atoms. The average molecular weight is 253 g/mol. The molecule has 1 aromatic carbocycles. The topological polar surface area (TPSA) is 29.1 Å². The largest absolute Gasteiger partial charge is 0.312 e. The van der Waals surface area contributed by atoms with Crippen LogP contribution in [-0.2, 0) is 10.8 Å². The monoisotopic (exact) mass is 253 g/mol. The Morgan fingerprint density at radius 2 is 1.88 bits per heavy atom. The molecule has 0 amide bonds. The average Bonchev–Trinajstić information content (AvgIpc) is 2.32. The molecule has 0 saturated heterocycles. The van der Waals surface area contributed by atoms with E-state index in [4.69, 9.17) is 0 Å². The summed E-state index contributed by atoms with van der Waals surface area (Å²) in [7, 11) is 1.17. The number of hydrogen-bond acceptors (Lipinski definition) is 2. The van der Waals surface area contributed by atoms with Gasteiger partial charge in [0, 0.05) is 22.6 Å². The summed E-state index contributed by atoms with van der Waals surface area (Å²) in [5.41, 5.74) is 2.47. The number of benzene rings is 1. The molecule has 0 fully saturated rings. The van der Waals surface area contributed by atoms with Crippen LogP contribution in [0.2, 0.25) is 0 Å². The molecule has 2 nitrogen and oxygen atoms in total. The number of nitrogens with one attached hydrogen (secondary N) is 1. The highest BCUT2D eigenvalue weighted by molar-refractivity contribution is 7.85. The second-order valence-corrected chi connectivity index (χ2v) is 6.38. The Labute approximate surface area is 107 Å². The van der Waals surface area contributed by atoms with Crippen molar-refractivity contribution < 1.29 is 4.21 Å². The molecule has 0 aliphatic heterocycles. The van der Waals surface area contributed by atoms with Gasteiger partial charge >= 0.3 is 0 Å². The summed E-state index contributed by atoms with van der Waals surface area (Å²) in [6.07, 6.45) is 0.973. The van der Waals surface area contributed by atoms with Gasteiger partial charge in [0.1, 0.15) is 0 Å². The maximum absolute atomic E-state index is 12.1. The van der Waals surface area contributed by atoms with Crippen molar-refractivity contribution >= 4 is 10.8 Å². The van der Waals surface area contributed by atoms with E-state index in [9.17, 15) is 4.21 Å². The van der Waals surface area contributed by atoms with E-state index in [1.54, 1.807) is 0 Å². The Hall–Kier alpha value is -0.670. The van der Waals surface area contributed by atoms with Gasteiger partial charge in [-0.1, -0.05) is 36.8 Å². The summed E-state index contributed by atoms with van der Waals surface area (Å²) in [5.74, 6) is 0.783. The fraction of sp³-hybridized carbons (Fsp3) is 0.571. The molecule has 0 heterocycles. The number of aryl methyl sites for hydroxylation is 1. The van der Waals surface area contributed by atoms with Gasteiger partial charge in [-0.25, -0.2) is 0 Å². The van der Waals surface area contributed by atoms with Crippen LogP contribution in [0.15, 0.2) is 24.3 Å². The Bertz CT molecular complexity index is 361. The van der Waals surface area contributed by atoms with Crippen molar-refractivity contribution in [2.45, 2.75) is 38.5 Å². The van der Waals surface area contributed by atoms with Crippen LogP contribution in [0.1, 0.15) is 37.4 Å². The molecule has 0 aliphatic carbocycles. The Morgan fingerprint density at radius 3 is 2.35 bits per heavy atom. The Balaban J connectivity index is 2.83. The molecule has 0 saturated carbocycles. The lowest BCUT2D eigenvalue weighted by Gasteiger charge is -2.23. The maximum atomic E-state index is 12.1. The lowest BCUT2D eigenvalue weighted by atomic mass is 10.0. The van der Waals surface area contributed by atoms with Gasteiger partial charge in [-0.05, 0) is 32.9 Å². The third-order valence-corrected chi connectivity index (χ3v) is 4.95. The SMILES string of the molecule is CCCS(=O)C(C)C(NC)c1ccc(C)cc1. The second kappa shape index (κ2) is 6.92. The highest BCUT2D eigenvalue weighted by atomic mass is 32.2. The quantitative estimate of drug-likeness (QED) is 0.844. The van der Waals surface area contributed by atoms with Crippen LogP contribution in [0, 0.1) is 6.92 Å². The molecule has 3 unspecified atom stereocenters. The van der Waals surface area contributed by atoms with Crippen LogP contribution in [0.25, 0.3) is 0 Å². The predicted molar refractivity (Wildman–Crippen MR) is 75.7 cm³/mol. The first-order valence-electron chi connectivity index (χ1n) is 6.21. The molecule has 1 rings (SSSR count). The molecule has 3 heteroatoms. The van der Waals surface area contributed by atoms with Gasteiger partial charge in [0.15, 0.2) is 0 Å². The standard InChI is InChI=1S/C14H23NOS/c1-5-10-17(16)12(3)14(15-4)13-8-6-11(2)7-9-13/h6-9,12,14-15H,5,10H2,1-4H3. The Morgan fingerprint density at radius 1 is 1.29 bits per heavy atom. The van der Waals surface area contributed by atoms with Crippen molar-refractivity contribution in [2.24, 2.45) is 0 Å². The summed E-state index contributed by atoms with van der Waals surface area (Å²) in [5, 5.41) is 3.43. The molecule has 96 valence electrons. The molecule has 0 radical (unpaired) electrons. The molecule has 0 aliphatic rings. The van der Waals surface area contributed by atoms with E-state index in [0.29, 0.717) is 0 Å². The van der Waals surface area contributed by atoms with Crippen LogP contribution >= 0.6 is 0 Å². The van der Waals surface area contributed by atoms with Crippen molar-refractivity contribution in [2.75, 3.05) is 12.8 Å². The van der Waals surface area contributed by atoms with Gasteiger partial charge in [0.05, 0.1) is 5.25 Å². The first-order chi connectivity index (χ1) is 8.10. The van der Waals surface area contributed by atoms with E-state index in [1.165, 1.54) is 11.1 Å². The molecular formula is C14H23NOS. The smallest absolute Gasteiger partial charge is 0.0514 e. The number of hydrogen-bond donors (Lipinski definition) is 1. The first-order valence-corrected chi connectivity index (χ1v) is 7.59. The van der Waals surface area contributed by atoms with Crippen molar-refractivity contribution in [3.8, 4) is 0 Å². The normalized spacial score (nSPS) is 16.5. The van der Waals surface area contributed by atoms with Crippen LogP contribution in [0.5, 0.6) is 0 Å². The molecular weight excluding hydrogens is 230 g/mol. The molecule has 0 bridgehead atoms. The van der Waals surface area contributed by atoms with E-state index in [2.05, 4.69) is 50.4 Å². The zero-order valence-corrected chi connectivity index (χ0v) is 12.0. The zero-order valence-electron chi connectivity index (χ0n) is 11.2. The minimum absolute atomic E-state index is 0.141. The fourth-order valence-corrected chi connectivity index (χ4v) is 3.36.